The predicted octanol–water partition coefficient (Wildman–Crippen LogP) is 1.19. The summed E-state index contributed by atoms with van der Waals surface area (Å²) in [4.78, 5) is 25.2. The molecule has 4 nitrogen and oxygen atoms in total. The van der Waals surface area contributed by atoms with Crippen molar-refractivity contribution in [3.05, 3.63) is 11.8 Å². The fourth-order valence-electron chi connectivity index (χ4n) is 1.74. The van der Waals surface area contributed by atoms with Crippen LogP contribution in [0.4, 0.5) is 13.2 Å². The number of amides is 1. The van der Waals surface area contributed by atoms with Gasteiger partial charge in [-0.25, -0.2) is 0 Å². The van der Waals surface area contributed by atoms with Crippen LogP contribution < -0.4 is 0 Å². The summed E-state index contributed by atoms with van der Waals surface area (Å²) in [6.45, 7) is 4.71. The molecule has 0 N–H and O–H groups in total. The number of allylic oxidation sites excluding steroid dienone is 2. The first kappa shape index (κ1) is 14.5. The summed E-state index contributed by atoms with van der Waals surface area (Å²) < 4.78 is 36.2. The molecule has 0 radical (unpaired) electrons. The predicted molar refractivity (Wildman–Crippen MR) is 58.6 cm³/mol. The van der Waals surface area contributed by atoms with Crippen molar-refractivity contribution in [1.29, 1.82) is 0 Å². The van der Waals surface area contributed by atoms with Gasteiger partial charge in [-0.1, -0.05) is 0 Å². The number of carbonyl (C=O) groups excluding carboxylic acids is 2. The summed E-state index contributed by atoms with van der Waals surface area (Å²) in [5.74, 6) is -1.91. The van der Waals surface area contributed by atoms with Crippen molar-refractivity contribution in [3.63, 3.8) is 0 Å². The minimum Gasteiger partial charge on any atom is -0.371 e. The van der Waals surface area contributed by atoms with Crippen molar-refractivity contribution in [2.75, 3.05) is 26.2 Å². The van der Waals surface area contributed by atoms with Crippen molar-refractivity contribution in [1.82, 2.24) is 9.80 Å². The van der Waals surface area contributed by atoms with E-state index in [4.69, 9.17) is 0 Å². The molecule has 0 aromatic rings. The molecule has 102 valence electrons. The van der Waals surface area contributed by atoms with Gasteiger partial charge >= 0.3 is 6.18 Å². The lowest BCUT2D eigenvalue weighted by Gasteiger charge is -2.36. The Labute approximate surface area is 103 Å². The van der Waals surface area contributed by atoms with Gasteiger partial charge in [0.15, 0.2) is 0 Å². The van der Waals surface area contributed by atoms with Gasteiger partial charge in [0.2, 0.25) is 5.91 Å². The molecule has 1 fully saturated rings. The third-order valence-electron chi connectivity index (χ3n) is 2.84. The van der Waals surface area contributed by atoms with Gasteiger partial charge in [0.25, 0.3) is 5.78 Å². The first-order valence-electron chi connectivity index (χ1n) is 5.51. The SMILES string of the molecule is CC(=O)N1CCN(C(C)=CC(=O)C(F)(F)F)CC1. The number of carbonyl (C=O) groups is 2. The molecule has 1 rings (SSSR count). The molecule has 0 atom stereocenters. The van der Waals surface area contributed by atoms with Gasteiger partial charge in [-0.3, -0.25) is 9.59 Å². The van der Waals surface area contributed by atoms with E-state index in [0.717, 1.165) is 0 Å². The lowest BCUT2D eigenvalue weighted by atomic mass is 10.2. The monoisotopic (exact) mass is 264 g/mol. The van der Waals surface area contributed by atoms with E-state index in [1.807, 2.05) is 0 Å². The summed E-state index contributed by atoms with van der Waals surface area (Å²) in [6, 6.07) is 0. The average molecular weight is 264 g/mol. The Morgan fingerprint density at radius 3 is 1.83 bits per heavy atom. The Kier molecular flexibility index (Phi) is 4.37. The molecular weight excluding hydrogens is 249 g/mol. The molecule has 1 saturated heterocycles. The maximum Gasteiger partial charge on any atom is 0.454 e. The van der Waals surface area contributed by atoms with E-state index in [1.165, 1.54) is 13.8 Å². The zero-order valence-corrected chi connectivity index (χ0v) is 10.3. The summed E-state index contributed by atoms with van der Waals surface area (Å²) in [7, 11) is 0. The standard InChI is InChI=1S/C11H15F3N2O2/c1-8(7-10(18)11(12,13)14)15-3-5-16(6-4-15)9(2)17/h7H,3-6H2,1-2H3. The minimum absolute atomic E-state index is 0.0531. The number of hydrogen-bond acceptors (Lipinski definition) is 3. The third kappa shape index (κ3) is 3.75. The second-order valence-electron chi connectivity index (χ2n) is 4.14. The Bertz CT molecular complexity index is 369. The van der Waals surface area contributed by atoms with Crippen LogP contribution in [0, 0.1) is 0 Å². The van der Waals surface area contributed by atoms with E-state index in [-0.39, 0.29) is 11.6 Å². The number of piperazine rings is 1. The zero-order valence-electron chi connectivity index (χ0n) is 10.3. The quantitative estimate of drug-likeness (QED) is 0.703. The third-order valence-corrected chi connectivity index (χ3v) is 2.84. The maximum absolute atomic E-state index is 12.1. The van der Waals surface area contributed by atoms with Crippen LogP contribution in [-0.4, -0.2) is 53.8 Å². The van der Waals surface area contributed by atoms with E-state index in [9.17, 15) is 22.8 Å². The number of ketones is 1. The van der Waals surface area contributed by atoms with Gasteiger partial charge in [-0.05, 0) is 6.92 Å². The molecule has 0 saturated carbocycles. The smallest absolute Gasteiger partial charge is 0.371 e. The number of hydrogen-bond donors (Lipinski definition) is 0. The zero-order chi connectivity index (χ0) is 13.9. The highest BCUT2D eigenvalue weighted by atomic mass is 19.4. The van der Waals surface area contributed by atoms with E-state index in [0.29, 0.717) is 32.3 Å². The van der Waals surface area contributed by atoms with Gasteiger partial charge in [0, 0.05) is 44.9 Å². The highest BCUT2D eigenvalue weighted by Gasteiger charge is 2.36. The highest BCUT2D eigenvalue weighted by Crippen LogP contribution is 2.18. The molecule has 1 amide bonds. The molecule has 1 aliphatic heterocycles. The van der Waals surface area contributed by atoms with E-state index in [1.54, 1.807) is 9.80 Å². The molecule has 0 aromatic carbocycles. The van der Waals surface area contributed by atoms with Gasteiger partial charge in [0.1, 0.15) is 0 Å². The van der Waals surface area contributed by atoms with Crippen LogP contribution in [0.1, 0.15) is 13.8 Å². The molecule has 1 aliphatic rings. The Balaban J connectivity index is 2.60. The topological polar surface area (TPSA) is 40.6 Å². The van der Waals surface area contributed by atoms with Crippen LogP contribution in [0.25, 0.3) is 0 Å². The number of nitrogens with zero attached hydrogens (tertiary/aromatic N) is 2. The second kappa shape index (κ2) is 5.41. The number of halogens is 3. The molecular formula is C11H15F3N2O2. The molecule has 0 aromatic heterocycles. The first-order valence-corrected chi connectivity index (χ1v) is 5.51. The first-order chi connectivity index (χ1) is 8.21. The summed E-state index contributed by atoms with van der Waals surface area (Å²) in [6.07, 6.45) is -4.23. The summed E-state index contributed by atoms with van der Waals surface area (Å²) in [5, 5.41) is 0. The lowest BCUT2D eigenvalue weighted by molar-refractivity contribution is -0.165. The van der Waals surface area contributed by atoms with E-state index >= 15 is 0 Å². The molecule has 1 heterocycles. The van der Waals surface area contributed by atoms with Crippen molar-refractivity contribution in [2.45, 2.75) is 20.0 Å². The van der Waals surface area contributed by atoms with Crippen molar-refractivity contribution >= 4 is 11.7 Å². The second-order valence-corrected chi connectivity index (χ2v) is 4.14. The average Bonchev–Trinajstić information content (AvgIpc) is 2.27. The van der Waals surface area contributed by atoms with Crippen LogP contribution in [0.15, 0.2) is 11.8 Å². The van der Waals surface area contributed by atoms with Gasteiger partial charge in [0.05, 0.1) is 0 Å². The number of rotatable bonds is 2. The van der Waals surface area contributed by atoms with Gasteiger partial charge in [-0.15, -0.1) is 0 Å². The molecule has 7 heteroatoms. The highest BCUT2D eigenvalue weighted by molar-refractivity contribution is 5.94. The van der Waals surface area contributed by atoms with Gasteiger partial charge < -0.3 is 9.80 Å². The fraction of sp³-hybridized carbons (Fsp3) is 0.636. The number of alkyl halides is 3. The lowest BCUT2D eigenvalue weighted by Crippen LogP contribution is -2.47. The van der Waals surface area contributed by atoms with E-state index in [2.05, 4.69) is 0 Å². The Morgan fingerprint density at radius 1 is 1.00 bits per heavy atom. The molecule has 18 heavy (non-hydrogen) atoms. The van der Waals surface area contributed by atoms with Crippen LogP contribution in [0.5, 0.6) is 0 Å². The Morgan fingerprint density at radius 2 is 1.44 bits per heavy atom. The maximum atomic E-state index is 12.1. The largest absolute Gasteiger partial charge is 0.454 e. The van der Waals surface area contributed by atoms with Crippen molar-refractivity contribution < 1.29 is 22.8 Å². The van der Waals surface area contributed by atoms with Crippen molar-refractivity contribution in [2.24, 2.45) is 0 Å². The molecule has 0 unspecified atom stereocenters. The molecule has 0 bridgehead atoms. The molecule has 0 spiro atoms. The normalized spacial score (nSPS) is 17.9. The summed E-state index contributed by atoms with van der Waals surface area (Å²) in [5.41, 5.74) is 0.278. The van der Waals surface area contributed by atoms with Gasteiger partial charge in [-0.2, -0.15) is 13.2 Å². The van der Waals surface area contributed by atoms with E-state index < -0.39 is 12.0 Å². The van der Waals surface area contributed by atoms with Crippen LogP contribution in [-0.2, 0) is 9.59 Å². The minimum atomic E-state index is -4.83. The van der Waals surface area contributed by atoms with Crippen LogP contribution in [0.3, 0.4) is 0 Å². The molecule has 0 aliphatic carbocycles. The fourth-order valence-corrected chi connectivity index (χ4v) is 1.74. The van der Waals surface area contributed by atoms with Crippen molar-refractivity contribution in [3.8, 4) is 0 Å². The Hall–Kier alpha value is -1.53. The van der Waals surface area contributed by atoms with Crippen LogP contribution in [0.2, 0.25) is 0 Å². The summed E-state index contributed by atoms with van der Waals surface area (Å²) >= 11 is 0. The van der Waals surface area contributed by atoms with Crippen LogP contribution >= 0.6 is 0 Å².